The molecule has 0 fully saturated rings. The van der Waals surface area contributed by atoms with Crippen LogP contribution < -0.4 is 10.9 Å². The molecule has 30 heavy (non-hydrogen) atoms. The van der Waals surface area contributed by atoms with E-state index < -0.39 is 0 Å². The summed E-state index contributed by atoms with van der Waals surface area (Å²) in [5, 5.41) is 4.99. The second-order valence-corrected chi connectivity index (χ2v) is 7.71. The lowest BCUT2D eigenvalue weighted by molar-refractivity contribution is -0.122. The lowest BCUT2D eigenvalue weighted by atomic mass is 10.1. The molecule has 2 aromatic carbocycles. The van der Waals surface area contributed by atoms with Crippen LogP contribution >= 0.6 is 11.3 Å². The van der Waals surface area contributed by atoms with Gasteiger partial charge in [0.05, 0.1) is 17.8 Å². The lowest BCUT2D eigenvalue weighted by Gasteiger charge is -2.15. The highest BCUT2D eigenvalue weighted by Gasteiger charge is 2.16. The summed E-state index contributed by atoms with van der Waals surface area (Å²) in [6.07, 6.45) is 1.34. The molecule has 4 aromatic rings. The second kappa shape index (κ2) is 8.16. The van der Waals surface area contributed by atoms with Crippen molar-refractivity contribution in [3.63, 3.8) is 0 Å². The van der Waals surface area contributed by atoms with E-state index in [2.05, 4.69) is 10.3 Å². The summed E-state index contributed by atoms with van der Waals surface area (Å²) in [6, 6.07) is 11.4. The van der Waals surface area contributed by atoms with Crippen LogP contribution in [0.1, 0.15) is 18.5 Å². The molecular formula is C22H17F2N3O2S. The number of fused-ring (bicyclic) bond motifs is 1. The van der Waals surface area contributed by atoms with Gasteiger partial charge >= 0.3 is 0 Å². The van der Waals surface area contributed by atoms with E-state index in [0.717, 1.165) is 5.56 Å². The van der Waals surface area contributed by atoms with Gasteiger partial charge < -0.3 is 5.32 Å². The van der Waals surface area contributed by atoms with Crippen molar-refractivity contribution >= 4 is 27.5 Å². The van der Waals surface area contributed by atoms with Gasteiger partial charge in [-0.3, -0.25) is 14.2 Å². The third-order valence-corrected chi connectivity index (χ3v) is 5.66. The van der Waals surface area contributed by atoms with E-state index in [4.69, 9.17) is 0 Å². The van der Waals surface area contributed by atoms with Crippen LogP contribution in [-0.4, -0.2) is 15.5 Å². The first-order valence-corrected chi connectivity index (χ1v) is 10.1. The summed E-state index contributed by atoms with van der Waals surface area (Å²) in [7, 11) is 0. The van der Waals surface area contributed by atoms with E-state index in [-0.39, 0.29) is 35.7 Å². The highest BCUT2D eigenvalue weighted by molar-refractivity contribution is 7.17. The number of carbonyl (C=O) groups excluding carboxylic acids is 1. The fourth-order valence-corrected chi connectivity index (χ4v) is 4.11. The minimum Gasteiger partial charge on any atom is -0.348 e. The Morgan fingerprint density at radius 1 is 1.10 bits per heavy atom. The Kier molecular flexibility index (Phi) is 5.41. The van der Waals surface area contributed by atoms with E-state index in [0.29, 0.717) is 21.3 Å². The van der Waals surface area contributed by atoms with Gasteiger partial charge in [-0.1, -0.05) is 24.3 Å². The maximum atomic E-state index is 13.2. The van der Waals surface area contributed by atoms with Crippen LogP contribution in [0.2, 0.25) is 0 Å². The van der Waals surface area contributed by atoms with Crippen LogP contribution in [0.25, 0.3) is 21.3 Å². The maximum absolute atomic E-state index is 13.2. The fraction of sp³-hybridized carbons (Fsp3) is 0.136. The van der Waals surface area contributed by atoms with Crippen molar-refractivity contribution in [2.75, 3.05) is 0 Å². The predicted molar refractivity (Wildman–Crippen MR) is 112 cm³/mol. The summed E-state index contributed by atoms with van der Waals surface area (Å²) in [6.45, 7) is 1.58. The molecule has 4 rings (SSSR count). The molecule has 0 radical (unpaired) electrons. The van der Waals surface area contributed by atoms with Gasteiger partial charge in [-0.25, -0.2) is 13.8 Å². The van der Waals surface area contributed by atoms with Crippen LogP contribution in [0.15, 0.2) is 65.0 Å². The Morgan fingerprint density at radius 3 is 2.40 bits per heavy atom. The summed E-state index contributed by atoms with van der Waals surface area (Å²) < 4.78 is 27.6. The number of amides is 1. The molecule has 2 aromatic heterocycles. The van der Waals surface area contributed by atoms with Crippen molar-refractivity contribution < 1.29 is 13.6 Å². The normalized spacial score (nSPS) is 12.1. The number of nitrogens with one attached hydrogen (secondary N) is 1. The minimum atomic E-state index is -0.367. The van der Waals surface area contributed by atoms with Crippen molar-refractivity contribution in [2.45, 2.75) is 19.5 Å². The van der Waals surface area contributed by atoms with Gasteiger partial charge in [-0.2, -0.15) is 0 Å². The van der Waals surface area contributed by atoms with E-state index in [1.165, 1.54) is 46.5 Å². The molecule has 1 N–H and O–H groups in total. The van der Waals surface area contributed by atoms with Crippen molar-refractivity contribution in [3.8, 4) is 11.1 Å². The molecule has 2 heterocycles. The Bertz CT molecular complexity index is 1260. The second-order valence-electron chi connectivity index (χ2n) is 6.85. The molecular weight excluding hydrogens is 408 g/mol. The van der Waals surface area contributed by atoms with Gasteiger partial charge in [0.25, 0.3) is 5.56 Å². The molecule has 0 aliphatic heterocycles. The number of aromatic nitrogens is 2. The van der Waals surface area contributed by atoms with E-state index in [1.54, 1.807) is 36.6 Å². The molecule has 0 aliphatic rings. The molecule has 1 atom stereocenters. The zero-order valence-electron chi connectivity index (χ0n) is 15.9. The Morgan fingerprint density at radius 2 is 1.73 bits per heavy atom. The first kappa shape index (κ1) is 19.9. The molecule has 0 aliphatic carbocycles. The van der Waals surface area contributed by atoms with E-state index in [1.807, 2.05) is 0 Å². The standard InChI is InChI=1S/C22H17F2N3O2S/c1-13(14-2-6-16(23)7-3-14)26-19(28)10-27-12-25-21-20(22(27)29)18(11-30-21)15-4-8-17(24)9-5-15/h2-9,11-13H,10H2,1H3,(H,26,28). The molecule has 0 bridgehead atoms. The van der Waals surface area contributed by atoms with Crippen molar-refractivity contribution in [1.82, 2.24) is 14.9 Å². The van der Waals surface area contributed by atoms with Gasteiger partial charge in [-0.05, 0) is 42.3 Å². The number of nitrogens with zero attached hydrogens (tertiary/aromatic N) is 2. The average Bonchev–Trinajstić information content (AvgIpc) is 3.16. The van der Waals surface area contributed by atoms with Gasteiger partial charge in [0.15, 0.2) is 0 Å². The first-order chi connectivity index (χ1) is 14.4. The van der Waals surface area contributed by atoms with Gasteiger partial charge in [0.2, 0.25) is 5.91 Å². The van der Waals surface area contributed by atoms with Crippen LogP contribution in [0.4, 0.5) is 8.78 Å². The number of rotatable bonds is 5. The smallest absolute Gasteiger partial charge is 0.263 e. The molecule has 1 amide bonds. The zero-order valence-corrected chi connectivity index (χ0v) is 16.7. The average molecular weight is 425 g/mol. The highest BCUT2D eigenvalue weighted by Crippen LogP contribution is 2.30. The fourth-order valence-electron chi connectivity index (χ4n) is 3.20. The van der Waals surface area contributed by atoms with Crippen LogP contribution in [0.5, 0.6) is 0 Å². The third kappa shape index (κ3) is 3.99. The summed E-state index contributed by atoms with van der Waals surface area (Å²) in [5.41, 5.74) is 1.77. The molecule has 1 unspecified atom stereocenters. The van der Waals surface area contributed by atoms with Crippen molar-refractivity contribution in [3.05, 3.63) is 87.8 Å². The summed E-state index contributed by atoms with van der Waals surface area (Å²) in [5.74, 6) is -1.08. The summed E-state index contributed by atoms with van der Waals surface area (Å²) in [4.78, 5) is 30.3. The molecule has 152 valence electrons. The van der Waals surface area contributed by atoms with Crippen molar-refractivity contribution in [1.29, 1.82) is 0 Å². The monoisotopic (exact) mass is 425 g/mol. The number of hydrogen-bond donors (Lipinski definition) is 1. The number of halogens is 2. The van der Waals surface area contributed by atoms with Gasteiger partial charge in [0.1, 0.15) is 23.0 Å². The Hall–Kier alpha value is -3.39. The van der Waals surface area contributed by atoms with Crippen molar-refractivity contribution in [2.24, 2.45) is 0 Å². The number of benzene rings is 2. The zero-order chi connectivity index (χ0) is 21.3. The summed E-state index contributed by atoms with van der Waals surface area (Å²) >= 11 is 1.31. The predicted octanol–water partition coefficient (Wildman–Crippen LogP) is 4.28. The molecule has 0 spiro atoms. The molecule has 8 heteroatoms. The Balaban J connectivity index is 1.58. The quantitative estimate of drug-likeness (QED) is 0.519. The Labute approximate surface area is 174 Å². The third-order valence-electron chi connectivity index (χ3n) is 4.78. The molecule has 5 nitrogen and oxygen atoms in total. The highest BCUT2D eigenvalue weighted by atomic mass is 32.1. The molecule has 0 saturated heterocycles. The van der Waals surface area contributed by atoms with Crippen LogP contribution in [-0.2, 0) is 11.3 Å². The van der Waals surface area contributed by atoms with Gasteiger partial charge in [0, 0.05) is 10.9 Å². The largest absolute Gasteiger partial charge is 0.348 e. The maximum Gasteiger partial charge on any atom is 0.263 e. The lowest BCUT2D eigenvalue weighted by Crippen LogP contribution is -2.33. The van der Waals surface area contributed by atoms with Crippen LogP contribution in [0, 0.1) is 11.6 Å². The molecule has 0 saturated carbocycles. The SMILES string of the molecule is CC(NC(=O)Cn1cnc2scc(-c3ccc(F)cc3)c2c1=O)c1ccc(F)cc1. The van der Waals surface area contributed by atoms with Gasteiger partial charge in [-0.15, -0.1) is 11.3 Å². The van der Waals surface area contributed by atoms with Crippen LogP contribution in [0.3, 0.4) is 0 Å². The first-order valence-electron chi connectivity index (χ1n) is 9.20. The number of thiophene rings is 1. The minimum absolute atomic E-state index is 0.202. The number of carbonyl (C=O) groups is 1. The van der Waals surface area contributed by atoms with E-state index >= 15 is 0 Å². The van der Waals surface area contributed by atoms with E-state index in [9.17, 15) is 18.4 Å². The number of hydrogen-bond acceptors (Lipinski definition) is 4. The topological polar surface area (TPSA) is 64.0 Å².